The summed E-state index contributed by atoms with van der Waals surface area (Å²) >= 11 is 0. The van der Waals surface area contributed by atoms with Gasteiger partial charge < -0.3 is 0 Å². The summed E-state index contributed by atoms with van der Waals surface area (Å²) in [4.78, 5) is 0. The van der Waals surface area contributed by atoms with Crippen LogP contribution in [0.25, 0.3) is 0 Å². The van der Waals surface area contributed by atoms with Crippen molar-refractivity contribution in [3.63, 3.8) is 0 Å². The second kappa shape index (κ2) is 8.93. The molecule has 1 nitrogen and oxygen atoms in total. The fraction of sp³-hybridized carbons (Fsp3) is 0.650. The van der Waals surface area contributed by atoms with Gasteiger partial charge in [0.1, 0.15) is 11.9 Å². The number of hydrogen-bond acceptors (Lipinski definition) is 1. The van der Waals surface area contributed by atoms with E-state index in [2.05, 4.69) is 6.92 Å². The first-order valence-electron chi connectivity index (χ1n) is 8.94. The van der Waals surface area contributed by atoms with Crippen LogP contribution in [0.15, 0.2) is 18.2 Å². The fourth-order valence-electron chi connectivity index (χ4n) is 3.70. The fourth-order valence-corrected chi connectivity index (χ4v) is 3.70. The summed E-state index contributed by atoms with van der Waals surface area (Å²) in [6.07, 6.45) is 13.1. The summed E-state index contributed by atoms with van der Waals surface area (Å²) in [6.45, 7) is 2.26. The molecule has 1 aliphatic carbocycles. The minimum Gasteiger partial charge on any atom is -0.206 e. The molecule has 0 amide bonds. The largest absolute Gasteiger partial charge is 0.206 e. The molecule has 22 heavy (non-hydrogen) atoms. The van der Waals surface area contributed by atoms with Gasteiger partial charge in [0.15, 0.2) is 0 Å². The smallest absolute Gasteiger partial charge is 0.141 e. The van der Waals surface area contributed by atoms with Crippen LogP contribution in [0.5, 0.6) is 0 Å². The maximum atomic E-state index is 13.7. The molecule has 0 atom stereocenters. The van der Waals surface area contributed by atoms with Crippen molar-refractivity contribution < 1.29 is 4.39 Å². The number of nitriles is 1. The van der Waals surface area contributed by atoms with Gasteiger partial charge in [-0.15, -0.1) is 0 Å². The molecule has 0 N–H and O–H groups in total. The van der Waals surface area contributed by atoms with E-state index in [1.165, 1.54) is 64.2 Å². The van der Waals surface area contributed by atoms with Gasteiger partial charge in [-0.2, -0.15) is 5.26 Å². The number of halogens is 1. The topological polar surface area (TPSA) is 23.8 Å². The van der Waals surface area contributed by atoms with E-state index in [9.17, 15) is 4.39 Å². The molecule has 0 aromatic heterocycles. The van der Waals surface area contributed by atoms with Crippen molar-refractivity contribution in [3.8, 4) is 6.07 Å². The van der Waals surface area contributed by atoms with Crippen LogP contribution in [-0.4, -0.2) is 0 Å². The van der Waals surface area contributed by atoms with Crippen LogP contribution in [0.4, 0.5) is 4.39 Å². The van der Waals surface area contributed by atoms with Crippen molar-refractivity contribution in [2.75, 3.05) is 0 Å². The predicted molar refractivity (Wildman–Crippen MR) is 89.2 cm³/mol. The molecule has 1 aromatic rings. The van der Waals surface area contributed by atoms with Gasteiger partial charge in [0.25, 0.3) is 0 Å². The van der Waals surface area contributed by atoms with Gasteiger partial charge in [0.2, 0.25) is 0 Å². The Morgan fingerprint density at radius 1 is 1.09 bits per heavy atom. The highest BCUT2D eigenvalue weighted by Gasteiger charge is 2.22. The SMILES string of the molecule is CCCCCCCC1CCC(c2ccc(C#N)c(F)c2)CC1. The van der Waals surface area contributed by atoms with Crippen molar-refractivity contribution in [2.24, 2.45) is 5.92 Å². The van der Waals surface area contributed by atoms with Gasteiger partial charge in [0, 0.05) is 0 Å². The zero-order valence-corrected chi connectivity index (χ0v) is 13.8. The molecule has 1 aliphatic rings. The van der Waals surface area contributed by atoms with E-state index >= 15 is 0 Å². The zero-order valence-electron chi connectivity index (χ0n) is 13.8. The summed E-state index contributed by atoms with van der Waals surface area (Å²) in [5, 5.41) is 8.80. The lowest BCUT2D eigenvalue weighted by molar-refractivity contribution is 0.301. The normalized spacial score (nSPS) is 21.5. The van der Waals surface area contributed by atoms with Crippen LogP contribution in [0.1, 0.15) is 88.2 Å². The van der Waals surface area contributed by atoms with Crippen molar-refractivity contribution in [3.05, 3.63) is 35.1 Å². The van der Waals surface area contributed by atoms with Crippen LogP contribution < -0.4 is 0 Å². The minimum absolute atomic E-state index is 0.157. The maximum Gasteiger partial charge on any atom is 0.141 e. The molecular formula is C20H28FN. The van der Waals surface area contributed by atoms with Crippen molar-refractivity contribution >= 4 is 0 Å². The van der Waals surface area contributed by atoms with Crippen LogP contribution in [0.2, 0.25) is 0 Å². The number of unbranched alkanes of at least 4 members (excludes halogenated alkanes) is 4. The summed E-state index contributed by atoms with van der Waals surface area (Å²) in [5.74, 6) is 0.998. The van der Waals surface area contributed by atoms with Gasteiger partial charge in [-0.3, -0.25) is 0 Å². The first-order valence-corrected chi connectivity index (χ1v) is 8.94. The Kier molecular flexibility index (Phi) is 6.90. The number of benzene rings is 1. The van der Waals surface area contributed by atoms with E-state index in [1.54, 1.807) is 12.1 Å². The zero-order chi connectivity index (χ0) is 15.8. The predicted octanol–water partition coefficient (Wildman–Crippen LogP) is 6.33. The third kappa shape index (κ3) is 4.83. The van der Waals surface area contributed by atoms with Crippen LogP contribution >= 0.6 is 0 Å². The standard InChI is InChI=1S/C20H28FN/c1-2-3-4-5-6-7-16-8-10-17(11-9-16)18-12-13-19(15-22)20(21)14-18/h12-14,16-17H,2-11H2,1H3. The van der Waals surface area contributed by atoms with Crippen molar-refractivity contribution in [1.82, 2.24) is 0 Å². The molecule has 2 rings (SSSR count). The Balaban J connectivity index is 1.75. The highest BCUT2D eigenvalue weighted by molar-refractivity contribution is 5.34. The summed E-state index contributed by atoms with van der Waals surface area (Å²) in [7, 11) is 0. The molecule has 1 fully saturated rings. The molecule has 1 aromatic carbocycles. The average molecular weight is 301 g/mol. The molecule has 0 spiro atoms. The lowest BCUT2D eigenvalue weighted by atomic mass is 9.77. The molecule has 120 valence electrons. The van der Waals surface area contributed by atoms with Gasteiger partial charge >= 0.3 is 0 Å². The number of rotatable bonds is 7. The lowest BCUT2D eigenvalue weighted by Gasteiger charge is -2.29. The van der Waals surface area contributed by atoms with Crippen LogP contribution in [-0.2, 0) is 0 Å². The van der Waals surface area contributed by atoms with E-state index < -0.39 is 0 Å². The Hall–Kier alpha value is -1.36. The van der Waals surface area contributed by atoms with Crippen molar-refractivity contribution in [2.45, 2.75) is 77.0 Å². The monoisotopic (exact) mass is 301 g/mol. The quantitative estimate of drug-likeness (QED) is 0.540. The maximum absolute atomic E-state index is 13.7. The molecule has 0 bridgehead atoms. The number of nitrogens with zero attached hydrogens (tertiary/aromatic N) is 1. The summed E-state index contributed by atoms with van der Waals surface area (Å²) in [5.41, 5.74) is 1.24. The van der Waals surface area contributed by atoms with E-state index in [0.717, 1.165) is 11.5 Å². The molecule has 0 radical (unpaired) electrons. The molecular weight excluding hydrogens is 273 g/mol. The number of hydrogen-bond donors (Lipinski definition) is 0. The second-order valence-electron chi connectivity index (χ2n) is 6.77. The first kappa shape index (κ1) is 17.0. The Morgan fingerprint density at radius 2 is 1.82 bits per heavy atom. The summed E-state index contributed by atoms with van der Waals surface area (Å²) < 4.78 is 13.7. The van der Waals surface area contributed by atoms with Gasteiger partial charge in [-0.1, -0.05) is 51.5 Å². The molecule has 0 aliphatic heterocycles. The van der Waals surface area contributed by atoms with E-state index in [-0.39, 0.29) is 11.4 Å². The molecule has 0 heterocycles. The highest BCUT2D eigenvalue weighted by Crippen LogP contribution is 2.38. The average Bonchev–Trinajstić information content (AvgIpc) is 2.55. The van der Waals surface area contributed by atoms with Gasteiger partial charge in [-0.05, 0) is 55.2 Å². The molecule has 1 saturated carbocycles. The van der Waals surface area contributed by atoms with E-state index in [4.69, 9.17) is 5.26 Å². The minimum atomic E-state index is -0.363. The van der Waals surface area contributed by atoms with E-state index in [1.807, 2.05) is 12.1 Å². The molecule has 0 unspecified atom stereocenters. The van der Waals surface area contributed by atoms with Gasteiger partial charge in [0.05, 0.1) is 5.56 Å². The Morgan fingerprint density at radius 3 is 2.45 bits per heavy atom. The van der Waals surface area contributed by atoms with Crippen molar-refractivity contribution in [1.29, 1.82) is 5.26 Å². The van der Waals surface area contributed by atoms with Crippen LogP contribution in [0.3, 0.4) is 0 Å². The third-order valence-corrected chi connectivity index (χ3v) is 5.15. The Bertz CT molecular complexity index is 495. The van der Waals surface area contributed by atoms with Crippen LogP contribution in [0, 0.1) is 23.1 Å². The first-order chi connectivity index (χ1) is 10.7. The summed E-state index contributed by atoms with van der Waals surface area (Å²) in [6, 6.07) is 7.04. The Labute approximate surface area is 134 Å². The lowest BCUT2D eigenvalue weighted by Crippen LogP contribution is -2.13. The highest BCUT2D eigenvalue weighted by atomic mass is 19.1. The second-order valence-corrected chi connectivity index (χ2v) is 6.77. The van der Waals surface area contributed by atoms with Gasteiger partial charge in [-0.25, -0.2) is 4.39 Å². The molecule has 0 saturated heterocycles. The molecule has 2 heteroatoms. The third-order valence-electron chi connectivity index (χ3n) is 5.15. The van der Waals surface area contributed by atoms with E-state index in [0.29, 0.717) is 5.92 Å².